The highest BCUT2D eigenvalue weighted by Crippen LogP contribution is 2.26. The lowest BCUT2D eigenvalue weighted by atomic mass is 9.95. The first-order chi connectivity index (χ1) is 7.70. The first kappa shape index (κ1) is 15.5. The third kappa shape index (κ3) is 6.22. The fourth-order valence-corrected chi connectivity index (χ4v) is 2.82. The van der Waals surface area contributed by atoms with E-state index >= 15 is 0 Å². The van der Waals surface area contributed by atoms with Gasteiger partial charge in [0.15, 0.2) is 5.78 Å². The van der Waals surface area contributed by atoms with Gasteiger partial charge in [0.25, 0.3) is 0 Å². The fraction of sp³-hybridized carbons (Fsp3) is 0.875. The molecule has 0 aromatic rings. The molecule has 1 saturated carbocycles. The van der Waals surface area contributed by atoms with Crippen molar-refractivity contribution in [2.45, 2.75) is 35.5 Å². The molecule has 1 atom stereocenters. The molecule has 1 rings (SSSR count). The summed E-state index contributed by atoms with van der Waals surface area (Å²) >= 11 is 16.1. The van der Waals surface area contributed by atoms with Gasteiger partial charge in [0.2, 0.25) is 3.79 Å². The van der Waals surface area contributed by atoms with Crippen molar-refractivity contribution in [3.8, 4) is 0 Å². The van der Waals surface area contributed by atoms with E-state index in [0.29, 0.717) is 12.8 Å². The standard InChI is InChI=1S/C8H12Cl3NO4S/c9-8(10,11)5-16-17(14,15)12-6-3-1-2-4-7(6)13/h6,12H,1-5H2. The number of nitrogens with one attached hydrogen (secondary N) is 1. The molecule has 0 amide bonds. The van der Waals surface area contributed by atoms with Crippen LogP contribution < -0.4 is 4.72 Å². The van der Waals surface area contributed by atoms with Crippen LogP contribution in [0.4, 0.5) is 0 Å². The SMILES string of the molecule is O=C1CCCCC1NS(=O)(=O)OCC(Cl)(Cl)Cl. The number of alkyl halides is 3. The lowest BCUT2D eigenvalue weighted by Gasteiger charge is -2.21. The van der Waals surface area contributed by atoms with E-state index in [4.69, 9.17) is 34.8 Å². The molecule has 1 aliphatic rings. The molecule has 0 aromatic carbocycles. The molecule has 17 heavy (non-hydrogen) atoms. The van der Waals surface area contributed by atoms with Crippen molar-refractivity contribution in [3.05, 3.63) is 0 Å². The highest BCUT2D eigenvalue weighted by atomic mass is 35.6. The Bertz CT molecular complexity index is 379. The first-order valence-corrected chi connectivity index (χ1v) is 7.50. The first-order valence-electron chi connectivity index (χ1n) is 4.96. The number of carbonyl (C=O) groups excluding carboxylic acids is 1. The fourth-order valence-electron chi connectivity index (χ4n) is 1.46. The summed E-state index contributed by atoms with van der Waals surface area (Å²) in [5, 5.41) is 0. The molecular formula is C8H12Cl3NO4S. The summed E-state index contributed by atoms with van der Waals surface area (Å²) < 4.78 is 27.6. The summed E-state index contributed by atoms with van der Waals surface area (Å²) in [5.41, 5.74) is 0. The third-order valence-electron chi connectivity index (χ3n) is 2.22. The highest BCUT2D eigenvalue weighted by Gasteiger charge is 2.29. The molecule has 0 spiro atoms. The number of hydrogen-bond acceptors (Lipinski definition) is 4. The van der Waals surface area contributed by atoms with Crippen molar-refractivity contribution in [3.63, 3.8) is 0 Å². The molecule has 0 bridgehead atoms. The maximum absolute atomic E-state index is 11.4. The summed E-state index contributed by atoms with van der Waals surface area (Å²) in [4.78, 5) is 11.4. The van der Waals surface area contributed by atoms with Crippen LogP contribution in [0, 0.1) is 0 Å². The van der Waals surface area contributed by atoms with Crippen LogP contribution in [0.1, 0.15) is 25.7 Å². The number of hydrogen-bond donors (Lipinski definition) is 1. The molecule has 100 valence electrons. The molecule has 0 radical (unpaired) electrons. The van der Waals surface area contributed by atoms with E-state index in [2.05, 4.69) is 8.91 Å². The van der Waals surface area contributed by atoms with Crippen LogP contribution in [-0.2, 0) is 19.3 Å². The third-order valence-corrected chi connectivity index (χ3v) is 3.55. The summed E-state index contributed by atoms with van der Waals surface area (Å²) in [7, 11) is -4.07. The second-order valence-electron chi connectivity index (χ2n) is 3.71. The Morgan fingerprint density at radius 2 is 2.00 bits per heavy atom. The van der Waals surface area contributed by atoms with E-state index in [9.17, 15) is 13.2 Å². The molecule has 1 N–H and O–H groups in total. The van der Waals surface area contributed by atoms with E-state index in [0.717, 1.165) is 12.8 Å². The van der Waals surface area contributed by atoms with Gasteiger partial charge in [0.1, 0.15) is 6.61 Å². The maximum Gasteiger partial charge on any atom is 0.336 e. The minimum absolute atomic E-state index is 0.141. The Balaban J connectivity index is 2.51. The quantitative estimate of drug-likeness (QED) is 0.799. The average Bonchev–Trinajstić information content (AvgIpc) is 2.18. The smallest absolute Gasteiger partial charge is 0.298 e. The van der Waals surface area contributed by atoms with E-state index in [1.54, 1.807) is 0 Å². The minimum Gasteiger partial charge on any atom is -0.298 e. The lowest BCUT2D eigenvalue weighted by Crippen LogP contribution is -2.43. The van der Waals surface area contributed by atoms with Crippen LogP contribution in [0.3, 0.4) is 0 Å². The molecule has 0 aliphatic heterocycles. The largest absolute Gasteiger partial charge is 0.336 e. The summed E-state index contributed by atoms with van der Waals surface area (Å²) in [5.74, 6) is -0.141. The van der Waals surface area contributed by atoms with Crippen molar-refractivity contribution in [2.75, 3.05) is 6.61 Å². The molecular weight excluding hydrogens is 313 g/mol. The van der Waals surface area contributed by atoms with Crippen LogP contribution in [0.2, 0.25) is 0 Å². The van der Waals surface area contributed by atoms with Gasteiger partial charge in [-0.15, -0.1) is 0 Å². The van der Waals surface area contributed by atoms with E-state index in [1.165, 1.54) is 0 Å². The van der Waals surface area contributed by atoms with Gasteiger partial charge < -0.3 is 0 Å². The van der Waals surface area contributed by atoms with Crippen molar-refractivity contribution in [1.82, 2.24) is 4.72 Å². The van der Waals surface area contributed by atoms with Gasteiger partial charge in [0.05, 0.1) is 6.04 Å². The highest BCUT2D eigenvalue weighted by molar-refractivity contribution is 7.84. The Morgan fingerprint density at radius 3 is 2.53 bits per heavy atom. The normalized spacial score (nSPS) is 22.8. The van der Waals surface area contributed by atoms with Gasteiger partial charge in [-0.05, 0) is 12.8 Å². The molecule has 9 heteroatoms. The molecule has 5 nitrogen and oxygen atoms in total. The zero-order valence-corrected chi connectivity index (χ0v) is 11.9. The number of ketones is 1. The molecule has 0 saturated heterocycles. The number of Topliss-reactive ketones (excluding diaryl/α,β-unsaturated/α-hetero) is 1. The number of rotatable bonds is 4. The Labute approximate surface area is 115 Å². The van der Waals surface area contributed by atoms with Gasteiger partial charge in [-0.1, -0.05) is 41.2 Å². The second-order valence-corrected chi connectivity index (χ2v) is 7.61. The Hall–Kier alpha value is 0.410. The lowest BCUT2D eigenvalue weighted by molar-refractivity contribution is -0.122. The van der Waals surface area contributed by atoms with Gasteiger partial charge >= 0.3 is 10.3 Å². The molecule has 1 unspecified atom stereocenters. The summed E-state index contributed by atoms with van der Waals surface area (Å²) in [6.07, 6.45) is 2.42. The minimum atomic E-state index is -4.07. The number of carbonyl (C=O) groups is 1. The summed E-state index contributed by atoms with van der Waals surface area (Å²) in [6.45, 7) is -0.603. The number of halogens is 3. The zero-order chi connectivity index (χ0) is 13.1. The predicted octanol–water partition coefficient (Wildman–Crippen LogP) is 1.72. The Kier molecular flexibility index (Phi) is 5.49. The van der Waals surface area contributed by atoms with Crippen LogP contribution in [0.25, 0.3) is 0 Å². The second kappa shape index (κ2) is 6.04. The monoisotopic (exact) mass is 323 g/mol. The van der Waals surface area contributed by atoms with Gasteiger partial charge in [-0.2, -0.15) is 13.1 Å². The van der Waals surface area contributed by atoms with E-state index < -0.39 is 26.7 Å². The van der Waals surface area contributed by atoms with Crippen molar-refractivity contribution < 1.29 is 17.4 Å². The van der Waals surface area contributed by atoms with Crippen molar-refractivity contribution in [2.24, 2.45) is 0 Å². The van der Waals surface area contributed by atoms with E-state index in [-0.39, 0.29) is 5.78 Å². The van der Waals surface area contributed by atoms with Crippen LogP contribution in [0.15, 0.2) is 0 Å². The molecule has 0 heterocycles. The van der Waals surface area contributed by atoms with Crippen LogP contribution in [-0.4, -0.2) is 30.6 Å². The Morgan fingerprint density at radius 1 is 1.35 bits per heavy atom. The zero-order valence-electron chi connectivity index (χ0n) is 8.79. The van der Waals surface area contributed by atoms with Gasteiger partial charge in [-0.3, -0.25) is 8.98 Å². The van der Waals surface area contributed by atoms with Crippen LogP contribution in [0.5, 0.6) is 0 Å². The van der Waals surface area contributed by atoms with Crippen LogP contribution >= 0.6 is 34.8 Å². The topological polar surface area (TPSA) is 72.5 Å². The van der Waals surface area contributed by atoms with Crippen molar-refractivity contribution >= 4 is 50.9 Å². The maximum atomic E-state index is 11.4. The molecule has 1 aliphatic carbocycles. The van der Waals surface area contributed by atoms with Crippen molar-refractivity contribution in [1.29, 1.82) is 0 Å². The molecule has 0 aromatic heterocycles. The predicted molar refractivity (Wildman–Crippen MR) is 65.6 cm³/mol. The van der Waals surface area contributed by atoms with E-state index in [1.807, 2.05) is 0 Å². The average molecular weight is 325 g/mol. The summed E-state index contributed by atoms with van der Waals surface area (Å²) in [6, 6.07) is -0.732. The van der Waals surface area contributed by atoms with Gasteiger partial charge in [0, 0.05) is 6.42 Å². The molecule has 1 fully saturated rings. The van der Waals surface area contributed by atoms with Gasteiger partial charge in [-0.25, -0.2) is 0 Å².